The maximum atomic E-state index is 14.7. The quantitative estimate of drug-likeness (QED) is 0.346. The van der Waals surface area contributed by atoms with Gasteiger partial charge >= 0.3 is 0 Å². The Kier molecular flexibility index (Phi) is 11.4. The number of nitrogens with zero attached hydrogens (tertiary/aromatic N) is 1. The number of rotatable bonds is 11. The van der Waals surface area contributed by atoms with Crippen LogP contribution in [0.15, 0.2) is 17.0 Å². The van der Waals surface area contributed by atoms with Gasteiger partial charge in [0, 0.05) is 25.3 Å². The van der Waals surface area contributed by atoms with Crippen LogP contribution >= 0.6 is 11.8 Å². The molecule has 4 nitrogen and oxygen atoms in total. The highest BCUT2D eigenvalue weighted by Gasteiger charge is 2.28. The highest BCUT2D eigenvalue weighted by molar-refractivity contribution is 8.13. The molecule has 7 heteroatoms. The Hall–Kier alpha value is -1.76. The molecule has 0 aromatic heterocycles. The van der Waals surface area contributed by atoms with Crippen molar-refractivity contribution in [3.8, 4) is 0 Å². The molecule has 0 aliphatic heterocycles. The first kappa shape index (κ1) is 27.3. The summed E-state index contributed by atoms with van der Waals surface area (Å²) in [6.45, 7) is 11.8. The van der Waals surface area contributed by atoms with E-state index < -0.39 is 23.4 Å². The number of thioether (sulfide) groups is 1. The van der Waals surface area contributed by atoms with Crippen molar-refractivity contribution < 1.29 is 23.2 Å². The number of benzene rings is 1. The zero-order valence-electron chi connectivity index (χ0n) is 19.5. The molecule has 174 valence electrons. The Bertz CT molecular complexity index is 754. The van der Waals surface area contributed by atoms with Crippen molar-refractivity contribution in [2.24, 2.45) is 17.8 Å². The molecule has 0 heterocycles. The van der Waals surface area contributed by atoms with Crippen molar-refractivity contribution in [2.45, 2.75) is 85.0 Å². The van der Waals surface area contributed by atoms with Crippen molar-refractivity contribution in [3.05, 3.63) is 23.8 Å². The van der Waals surface area contributed by atoms with Gasteiger partial charge in [-0.3, -0.25) is 14.4 Å². The lowest BCUT2D eigenvalue weighted by Gasteiger charge is -2.23. The zero-order valence-corrected chi connectivity index (χ0v) is 20.3. The summed E-state index contributed by atoms with van der Waals surface area (Å²) in [5.41, 5.74) is -0.289. The third-order valence-electron chi connectivity index (χ3n) is 4.76. The smallest absolute Gasteiger partial charge is 0.233 e. The van der Waals surface area contributed by atoms with Gasteiger partial charge in [-0.2, -0.15) is 0 Å². The van der Waals surface area contributed by atoms with Crippen LogP contribution in [0, 0.1) is 29.4 Å². The molecule has 1 aromatic carbocycles. The Balaban J connectivity index is 3.24. The molecule has 0 aliphatic rings. The molecule has 1 aromatic rings. The van der Waals surface area contributed by atoms with Crippen molar-refractivity contribution in [1.29, 1.82) is 0 Å². The Morgan fingerprint density at radius 2 is 1.23 bits per heavy atom. The van der Waals surface area contributed by atoms with Crippen LogP contribution in [0.1, 0.15) is 80.1 Å². The summed E-state index contributed by atoms with van der Waals surface area (Å²) in [6, 6.07) is 1.76. The van der Waals surface area contributed by atoms with Gasteiger partial charge < -0.3 is 0 Å². The van der Waals surface area contributed by atoms with Crippen LogP contribution in [0.4, 0.5) is 14.5 Å². The van der Waals surface area contributed by atoms with E-state index in [1.54, 1.807) is 0 Å². The first-order chi connectivity index (χ1) is 14.4. The van der Waals surface area contributed by atoms with Crippen molar-refractivity contribution in [3.63, 3.8) is 0 Å². The monoisotopic (exact) mass is 455 g/mol. The van der Waals surface area contributed by atoms with Crippen LogP contribution in [-0.2, 0) is 14.4 Å². The van der Waals surface area contributed by atoms with Crippen molar-refractivity contribution in [1.82, 2.24) is 0 Å². The molecule has 0 radical (unpaired) electrons. The molecule has 1 rings (SSSR count). The van der Waals surface area contributed by atoms with Crippen molar-refractivity contribution in [2.75, 3.05) is 4.90 Å². The molecule has 0 spiro atoms. The summed E-state index contributed by atoms with van der Waals surface area (Å²) in [4.78, 5) is 38.7. The van der Waals surface area contributed by atoms with Gasteiger partial charge in [0.05, 0.1) is 10.6 Å². The molecule has 0 N–H and O–H groups in total. The second kappa shape index (κ2) is 12.9. The second-order valence-electron chi connectivity index (χ2n) is 9.13. The summed E-state index contributed by atoms with van der Waals surface area (Å²) < 4.78 is 29.1. The van der Waals surface area contributed by atoms with E-state index in [0.717, 1.165) is 11.0 Å². The normalized spacial score (nSPS) is 11.5. The van der Waals surface area contributed by atoms with Crippen LogP contribution in [-0.4, -0.2) is 16.9 Å². The lowest BCUT2D eigenvalue weighted by Crippen LogP contribution is -2.38. The molecule has 0 aliphatic carbocycles. The predicted molar refractivity (Wildman–Crippen MR) is 122 cm³/mol. The van der Waals surface area contributed by atoms with Crippen LogP contribution in [0.5, 0.6) is 0 Å². The van der Waals surface area contributed by atoms with Gasteiger partial charge in [-0.15, -0.1) is 0 Å². The van der Waals surface area contributed by atoms with E-state index in [2.05, 4.69) is 0 Å². The number of halogens is 2. The molecule has 0 saturated heterocycles. The van der Waals surface area contributed by atoms with Crippen LogP contribution in [0.25, 0.3) is 0 Å². The van der Waals surface area contributed by atoms with E-state index in [0.29, 0.717) is 43.0 Å². The predicted octanol–water partition coefficient (Wildman–Crippen LogP) is 6.75. The largest absolute Gasteiger partial charge is 0.287 e. The molecule has 0 atom stereocenters. The number of carbonyl (C=O) groups is 3. The molecular formula is C24H35F2NO3S. The molecule has 0 fully saturated rings. The third-order valence-corrected chi connectivity index (χ3v) is 5.73. The van der Waals surface area contributed by atoms with Gasteiger partial charge in [0.25, 0.3) is 0 Å². The van der Waals surface area contributed by atoms with Crippen LogP contribution in [0.3, 0.4) is 0 Å². The molecule has 0 bridgehead atoms. The van der Waals surface area contributed by atoms with Gasteiger partial charge in [0.1, 0.15) is 11.6 Å². The summed E-state index contributed by atoms with van der Waals surface area (Å²) in [7, 11) is 0. The summed E-state index contributed by atoms with van der Waals surface area (Å²) in [5, 5.41) is -0.242. The zero-order chi connectivity index (χ0) is 23.7. The Morgan fingerprint density at radius 3 is 1.68 bits per heavy atom. The highest BCUT2D eigenvalue weighted by Crippen LogP contribution is 2.32. The Morgan fingerprint density at radius 1 is 0.774 bits per heavy atom. The van der Waals surface area contributed by atoms with Crippen LogP contribution in [0.2, 0.25) is 0 Å². The molecule has 2 amide bonds. The minimum absolute atomic E-state index is 0.0801. The first-order valence-corrected chi connectivity index (χ1v) is 11.8. The lowest BCUT2D eigenvalue weighted by atomic mass is 10.1. The average molecular weight is 456 g/mol. The summed E-state index contributed by atoms with van der Waals surface area (Å²) >= 11 is 0.683. The number of anilines is 1. The van der Waals surface area contributed by atoms with E-state index in [1.165, 1.54) is 0 Å². The second-order valence-corrected chi connectivity index (χ2v) is 10.2. The van der Waals surface area contributed by atoms with Crippen LogP contribution < -0.4 is 4.90 Å². The minimum Gasteiger partial charge on any atom is -0.287 e. The fourth-order valence-electron chi connectivity index (χ4n) is 2.80. The third kappa shape index (κ3) is 9.50. The lowest BCUT2D eigenvalue weighted by molar-refractivity contribution is -0.127. The number of hydrogen-bond donors (Lipinski definition) is 0. The van der Waals surface area contributed by atoms with Gasteiger partial charge in [-0.05, 0) is 54.8 Å². The molecule has 0 unspecified atom stereocenters. The fraction of sp³-hybridized carbons (Fsp3) is 0.625. The van der Waals surface area contributed by atoms with Gasteiger partial charge in [-0.1, -0.05) is 41.5 Å². The number of imide groups is 1. The molecule has 31 heavy (non-hydrogen) atoms. The highest BCUT2D eigenvalue weighted by atomic mass is 32.2. The molecular weight excluding hydrogens is 420 g/mol. The maximum absolute atomic E-state index is 14.7. The SMILES string of the molecule is CC(C)CCC(=O)Sc1cc(N(C(=O)CCC(C)C)C(=O)CCC(C)C)c(F)cc1F. The first-order valence-electron chi connectivity index (χ1n) is 11.0. The maximum Gasteiger partial charge on any atom is 0.233 e. The van der Waals surface area contributed by atoms with E-state index in [-0.39, 0.29) is 46.8 Å². The minimum atomic E-state index is -0.993. The van der Waals surface area contributed by atoms with Gasteiger partial charge in [0.15, 0.2) is 5.12 Å². The average Bonchev–Trinajstić information content (AvgIpc) is 2.66. The number of carbonyl (C=O) groups excluding carboxylic acids is 3. The number of hydrogen-bond acceptors (Lipinski definition) is 4. The summed E-state index contributed by atoms with van der Waals surface area (Å²) in [5.74, 6) is -2.12. The number of amides is 2. The Labute approximate surface area is 189 Å². The summed E-state index contributed by atoms with van der Waals surface area (Å²) in [6.07, 6.45) is 2.18. The topological polar surface area (TPSA) is 54.5 Å². The van der Waals surface area contributed by atoms with E-state index in [1.807, 2.05) is 41.5 Å². The molecule has 0 saturated carbocycles. The van der Waals surface area contributed by atoms with Gasteiger partial charge in [0.2, 0.25) is 11.8 Å². The fourth-order valence-corrected chi connectivity index (χ4v) is 3.60. The van der Waals surface area contributed by atoms with Gasteiger partial charge in [-0.25, -0.2) is 13.7 Å². The van der Waals surface area contributed by atoms with E-state index in [4.69, 9.17) is 0 Å². The van der Waals surface area contributed by atoms with E-state index in [9.17, 15) is 23.2 Å². The van der Waals surface area contributed by atoms with Crippen molar-refractivity contribution >= 4 is 34.4 Å². The van der Waals surface area contributed by atoms with E-state index >= 15 is 0 Å². The standard InChI is InChI=1S/C24H35F2NO3S/c1-15(2)7-10-22(28)27(23(29)11-8-16(3)4)20-14-21(19(26)13-18(20)25)31-24(30)12-9-17(5)6/h13-17H,7-12H2,1-6H3.